The number of para-hydroxylation sites is 1. The number of methoxy groups -OCH3 is 1. The second-order valence-electron chi connectivity index (χ2n) is 5.13. The van der Waals surface area contributed by atoms with Crippen molar-refractivity contribution < 1.29 is 14.6 Å². The Labute approximate surface area is 128 Å². The van der Waals surface area contributed by atoms with Gasteiger partial charge < -0.3 is 14.4 Å². The molecule has 2 aromatic rings. The number of rotatable bonds is 5. The Kier molecular flexibility index (Phi) is 4.65. The summed E-state index contributed by atoms with van der Waals surface area (Å²) >= 11 is 0. The first-order valence-corrected chi connectivity index (χ1v) is 7.02. The number of carboxylic acids is 1. The summed E-state index contributed by atoms with van der Waals surface area (Å²) in [4.78, 5) is 23.1. The second kappa shape index (κ2) is 6.47. The summed E-state index contributed by atoms with van der Waals surface area (Å²) in [6, 6.07) is 9.08. The van der Waals surface area contributed by atoms with Crippen LogP contribution in [0.5, 0.6) is 5.75 Å². The molecule has 1 aromatic carbocycles. The largest absolute Gasteiger partial charge is 0.496 e. The van der Waals surface area contributed by atoms with Gasteiger partial charge in [0.05, 0.1) is 7.11 Å². The molecule has 0 spiro atoms. The van der Waals surface area contributed by atoms with Gasteiger partial charge in [-0.25, -0.2) is 4.79 Å². The van der Waals surface area contributed by atoms with Crippen LogP contribution in [0.1, 0.15) is 27.3 Å². The van der Waals surface area contributed by atoms with E-state index in [-0.39, 0.29) is 5.56 Å². The minimum atomic E-state index is -1.19. The number of carbonyl (C=O) groups is 1. The minimum absolute atomic E-state index is 0.161. The Morgan fingerprint density at radius 1 is 1.27 bits per heavy atom. The SMILES string of the molecule is COc1ccccc1CCn1c(C)cc(=O)c(C(=O)O)c1C. The molecule has 1 heterocycles. The molecule has 5 nitrogen and oxygen atoms in total. The third-order valence-electron chi connectivity index (χ3n) is 3.79. The van der Waals surface area contributed by atoms with E-state index in [1.807, 2.05) is 35.8 Å². The number of benzene rings is 1. The zero-order chi connectivity index (χ0) is 16.3. The maximum Gasteiger partial charge on any atom is 0.341 e. The van der Waals surface area contributed by atoms with Crippen LogP contribution in [0.4, 0.5) is 0 Å². The fourth-order valence-electron chi connectivity index (χ4n) is 2.66. The molecule has 0 saturated carbocycles. The number of ether oxygens (including phenoxy) is 1. The molecule has 0 atom stereocenters. The molecular formula is C17H19NO4. The Balaban J connectivity index is 2.36. The predicted molar refractivity (Wildman–Crippen MR) is 83.8 cm³/mol. The van der Waals surface area contributed by atoms with Gasteiger partial charge >= 0.3 is 5.97 Å². The van der Waals surface area contributed by atoms with E-state index in [1.165, 1.54) is 6.07 Å². The van der Waals surface area contributed by atoms with Gasteiger partial charge in [0.1, 0.15) is 11.3 Å². The number of aromatic nitrogens is 1. The van der Waals surface area contributed by atoms with Crippen LogP contribution in [-0.4, -0.2) is 22.8 Å². The molecule has 0 fully saturated rings. The highest BCUT2D eigenvalue weighted by molar-refractivity contribution is 5.88. The summed E-state index contributed by atoms with van der Waals surface area (Å²) in [5, 5.41) is 9.20. The normalized spacial score (nSPS) is 10.5. The number of nitrogens with zero attached hydrogens (tertiary/aromatic N) is 1. The number of aryl methyl sites for hydroxylation is 2. The fourth-order valence-corrected chi connectivity index (χ4v) is 2.66. The Hall–Kier alpha value is -2.56. The number of pyridine rings is 1. The lowest BCUT2D eigenvalue weighted by Gasteiger charge is -2.17. The van der Waals surface area contributed by atoms with Gasteiger partial charge in [-0.3, -0.25) is 4.79 Å². The highest BCUT2D eigenvalue weighted by Crippen LogP contribution is 2.19. The van der Waals surface area contributed by atoms with Crippen LogP contribution in [0.2, 0.25) is 0 Å². The summed E-state index contributed by atoms with van der Waals surface area (Å²) < 4.78 is 7.18. The molecule has 0 aliphatic rings. The molecule has 5 heteroatoms. The summed E-state index contributed by atoms with van der Waals surface area (Å²) in [6.45, 7) is 4.06. The van der Waals surface area contributed by atoms with Crippen molar-refractivity contribution in [2.24, 2.45) is 0 Å². The summed E-state index contributed by atoms with van der Waals surface area (Å²) in [5.41, 5.74) is 1.66. The molecular weight excluding hydrogens is 282 g/mol. The molecule has 0 unspecified atom stereocenters. The molecule has 0 radical (unpaired) electrons. The maximum atomic E-state index is 11.8. The second-order valence-corrected chi connectivity index (χ2v) is 5.13. The van der Waals surface area contributed by atoms with E-state index in [0.717, 1.165) is 17.0 Å². The average molecular weight is 301 g/mol. The van der Waals surface area contributed by atoms with Crippen molar-refractivity contribution in [1.29, 1.82) is 0 Å². The third kappa shape index (κ3) is 3.03. The zero-order valence-electron chi connectivity index (χ0n) is 12.9. The van der Waals surface area contributed by atoms with Crippen LogP contribution in [0.15, 0.2) is 35.1 Å². The number of hydrogen-bond donors (Lipinski definition) is 1. The van der Waals surface area contributed by atoms with Gasteiger partial charge in [0.25, 0.3) is 0 Å². The first-order valence-electron chi connectivity index (χ1n) is 7.02. The summed E-state index contributed by atoms with van der Waals surface area (Å²) in [7, 11) is 1.62. The minimum Gasteiger partial charge on any atom is -0.496 e. The molecule has 2 rings (SSSR count). The molecule has 1 aromatic heterocycles. The molecule has 0 bridgehead atoms. The van der Waals surface area contributed by atoms with Crippen molar-refractivity contribution in [3.63, 3.8) is 0 Å². The average Bonchev–Trinajstić information content (AvgIpc) is 2.46. The monoisotopic (exact) mass is 301 g/mol. The van der Waals surface area contributed by atoms with Crippen LogP contribution >= 0.6 is 0 Å². The molecule has 1 N–H and O–H groups in total. The summed E-state index contributed by atoms with van der Waals surface area (Å²) in [6.07, 6.45) is 0.688. The smallest absolute Gasteiger partial charge is 0.341 e. The number of aromatic carboxylic acids is 1. The topological polar surface area (TPSA) is 68.5 Å². The van der Waals surface area contributed by atoms with E-state index in [9.17, 15) is 14.7 Å². The number of hydrogen-bond acceptors (Lipinski definition) is 3. The van der Waals surface area contributed by atoms with Gasteiger partial charge in [0.2, 0.25) is 0 Å². The van der Waals surface area contributed by atoms with Crippen molar-refractivity contribution in [1.82, 2.24) is 4.57 Å². The first kappa shape index (κ1) is 15.8. The van der Waals surface area contributed by atoms with Crippen LogP contribution in [-0.2, 0) is 13.0 Å². The van der Waals surface area contributed by atoms with Crippen LogP contribution in [0.3, 0.4) is 0 Å². The first-order chi connectivity index (χ1) is 10.5. The van der Waals surface area contributed by atoms with Crippen LogP contribution in [0.25, 0.3) is 0 Å². The standard InChI is InChI=1S/C17H19NO4/c1-11-10-14(19)16(17(20)21)12(2)18(11)9-8-13-6-4-5-7-15(13)22-3/h4-7,10H,8-9H2,1-3H3,(H,20,21). The molecule has 22 heavy (non-hydrogen) atoms. The molecule has 0 aliphatic heterocycles. The van der Waals surface area contributed by atoms with Gasteiger partial charge in [0.15, 0.2) is 5.43 Å². The molecule has 0 amide bonds. The van der Waals surface area contributed by atoms with Gasteiger partial charge in [-0.2, -0.15) is 0 Å². The fraction of sp³-hybridized carbons (Fsp3) is 0.294. The maximum absolute atomic E-state index is 11.8. The third-order valence-corrected chi connectivity index (χ3v) is 3.79. The van der Waals surface area contributed by atoms with Crippen molar-refractivity contribution in [2.45, 2.75) is 26.8 Å². The van der Waals surface area contributed by atoms with Crippen molar-refractivity contribution in [2.75, 3.05) is 7.11 Å². The lowest BCUT2D eigenvalue weighted by Crippen LogP contribution is -2.23. The van der Waals surface area contributed by atoms with E-state index in [2.05, 4.69) is 0 Å². The van der Waals surface area contributed by atoms with E-state index in [1.54, 1.807) is 14.0 Å². The number of carboxylic acid groups (broad SMARTS) is 1. The van der Waals surface area contributed by atoms with Crippen molar-refractivity contribution >= 4 is 5.97 Å². The predicted octanol–water partition coefficient (Wildman–Crippen LogP) is 2.41. The Morgan fingerprint density at radius 2 is 1.95 bits per heavy atom. The van der Waals surface area contributed by atoms with Crippen LogP contribution in [0, 0.1) is 13.8 Å². The van der Waals surface area contributed by atoms with Gasteiger partial charge in [-0.05, 0) is 31.9 Å². The Morgan fingerprint density at radius 3 is 2.59 bits per heavy atom. The van der Waals surface area contributed by atoms with Crippen molar-refractivity contribution in [3.8, 4) is 5.75 Å². The zero-order valence-corrected chi connectivity index (χ0v) is 12.9. The summed E-state index contributed by atoms with van der Waals surface area (Å²) in [5.74, 6) is -0.383. The van der Waals surface area contributed by atoms with Gasteiger partial charge in [-0.1, -0.05) is 18.2 Å². The van der Waals surface area contributed by atoms with Crippen molar-refractivity contribution in [3.05, 3.63) is 63.1 Å². The molecule has 116 valence electrons. The van der Waals surface area contributed by atoms with E-state index in [0.29, 0.717) is 18.7 Å². The van der Waals surface area contributed by atoms with Gasteiger partial charge in [-0.15, -0.1) is 0 Å². The van der Waals surface area contributed by atoms with E-state index in [4.69, 9.17) is 4.74 Å². The highest BCUT2D eigenvalue weighted by Gasteiger charge is 2.16. The van der Waals surface area contributed by atoms with E-state index < -0.39 is 11.4 Å². The molecule has 0 aliphatic carbocycles. The molecule has 0 saturated heterocycles. The lowest BCUT2D eigenvalue weighted by molar-refractivity contribution is 0.0693. The lowest BCUT2D eigenvalue weighted by atomic mass is 10.1. The Bertz CT molecular complexity index is 762. The van der Waals surface area contributed by atoms with E-state index >= 15 is 0 Å². The highest BCUT2D eigenvalue weighted by atomic mass is 16.5. The van der Waals surface area contributed by atoms with Gasteiger partial charge in [0, 0.05) is 24.0 Å². The van der Waals surface area contributed by atoms with Crippen LogP contribution < -0.4 is 10.2 Å². The quantitative estimate of drug-likeness (QED) is 0.921.